The summed E-state index contributed by atoms with van der Waals surface area (Å²) in [6.45, 7) is 1.88. The van der Waals surface area contributed by atoms with Crippen LogP contribution in [0.25, 0.3) is 0 Å². The summed E-state index contributed by atoms with van der Waals surface area (Å²) >= 11 is 0. The Hall–Kier alpha value is -1.72. The third kappa shape index (κ3) is 3.05. The van der Waals surface area contributed by atoms with Crippen LogP contribution in [0, 0.1) is 5.92 Å². The van der Waals surface area contributed by atoms with E-state index >= 15 is 0 Å². The number of carbonyl (C=O) groups excluding carboxylic acids is 1. The highest BCUT2D eigenvalue weighted by molar-refractivity contribution is 6.00. The maximum Gasteiger partial charge on any atom is 0.418 e. The Morgan fingerprint density at radius 3 is 2.50 bits per heavy atom. The molecule has 0 bridgehead atoms. The summed E-state index contributed by atoms with van der Waals surface area (Å²) in [5.41, 5.74) is -0.984. The predicted molar refractivity (Wildman–Crippen MR) is 70.6 cm³/mol. The molecule has 1 atom stereocenters. The normalized spacial score (nSPS) is 16.6. The maximum absolute atomic E-state index is 12.9. The van der Waals surface area contributed by atoms with Gasteiger partial charge in [0.2, 0.25) is 0 Å². The van der Waals surface area contributed by atoms with Crippen molar-refractivity contribution in [1.82, 2.24) is 5.32 Å². The molecule has 3 nitrogen and oxygen atoms in total. The van der Waals surface area contributed by atoms with E-state index in [2.05, 4.69) is 10.6 Å². The van der Waals surface area contributed by atoms with Gasteiger partial charge in [0.15, 0.2) is 0 Å². The standard InChI is InChI=1S/C14H17F3N2O/c1-8(9-6-7-9)19-13(20)10-4-3-5-11(12(10)18-2)14(15,16)17/h3-5,8-9,18H,6-7H2,1-2H3,(H,19,20). The van der Waals surface area contributed by atoms with Crippen molar-refractivity contribution in [3.05, 3.63) is 29.3 Å². The smallest absolute Gasteiger partial charge is 0.387 e. The van der Waals surface area contributed by atoms with Crippen molar-refractivity contribution in [2.75, 3.05) is 12.4 Å². The van der Waals surface area contributed by atoms with E-state index in [0.29, 0.717) is 5.92 Å². The molecule has 1 aromatic rings. The zero-order valence-corrected chi connectivity index (χ0v) is 11.3. The van der Waals surface area contributed by atoms with Gasteiger partial charge in [-0.1, -0.05) is 6.07 Å². The van der Waals surface area contributed by atoms with Crippen LogP contribution in [0.2, 0.25) is 0 Å². The van der Waals surface area contributed by atoms with Gasteiger partial charge in [0.25, 0.3) is 5.91 Å². The van der Waals surface area contributed by atoms with E-state index < -0.39 is 17.6 Å². The molecule has 0 heterocycles. The van der Waals surface area contributed by atoms with Crippen LogP contribution in [0.15, 0.2) is 18.2 Å². The molecule has 0 aliphatic heterocycles. The minimum atomic E-state index is -4.49. The second-order valence-electron chi connectivity index (χ2n) is 5.08. The van der Waals surface area contributed by atoms with Crippen LogP contribution in [-0.4, -0.2) is 19.0 Å². The summed E-state index contributed by atoms with van der Waals surface area (Å²) in [7, 11) is 1.38. The lowest BCUT2D eigenvalue weighted by Crippen LogP contribution is -2.34. The minimum absolute atomic E-state index is 0.0123. The van der Waals surface area contributed by atoms with E-state index in [-0.39, 0.29) is 17.3 Å². The van der Waals surface area contributed by atoms with E-state index in [1.54, 1.807) is 0 Å². The minimum Gasteiger partial charge on any atom is -0.387 e. The van der Waals surface area contributed by atoms with Gasteiger partial charge in [-0.15, -0.1) is 0 Å². The predicted octanol–water partition coefficient (Wildman–Crippen LogP) is 3.28. The maximum atomic E-state index is 12.9. The van der Waals surface area contributed by atoms with E-state index in [9.17, 15) is 18.0 Å². The zero-order chi connectivity index (χ0) is 14.9. The molecule has 1 aliphatic carbocycles. The number of alkyl halides is 3. The molecule has 0 spiro atoms. The third-order valence-electron chi connectivity index (χ3n) is 3.55. The Morgan fingerprint density at radius 1 is 1.35 bits per heavy atom. The Kier molecular flexibility index (Phi) is 3.92. The van der Waals surface area contributed by atoms with E-state index in [1.807, 2.05) is 6.92 Å². The summed E-state index contributed by atoms with van der Waals surface area (Å²) in [6.07, 6.45) is -2.37. The van der Waals surface area contributed by atoms with Crippen molar-refractivity contribution in [2.24, 2.45) is 5.92 Å². The molecule has 1 aromatic carbocycles. The number of benzene rings is 1. The van der Waals surface area contributed by atoms with Gasteiger partial charge in [-0.2, -0.15) is 13.2 Å². The van der Waals surface area contributed by atoms with Crippen LogP contribution in [0.3, 0.4) is 0 Å². The molecule has 6 heteroatoms. The Morgan fingerprint density at radius 2 is 2.00 bits per heavy atom. The van der Waals surface area contributed by atoms with E-state index in [4.69, 9.17) is 0 Å². The van der Waals surface area contributed by atoms with Gasteiger partial charge < -0.3 is 10.6 Å². The SMILES string of the molecule is CNc1c(C(=O)NC(C)C2CC2)cccc1C(F)(F)F. The van der Waals surface area contributed by atoms with Crippen LogP contribution in [0.5, 0.6) is 0 Å². The lowest BCUT2D eigenvalue weighted by atomic mass is 10.0. The summed E-state index contributed by atoms with van der Waals surface area (Å²) in [5, 5.41) is 5.25. The average Bonchev–Trinajstić information content (AvgIpc) is 3.20. The molecule has 20 heavy (non-hydrogen) atoms. The molecule has 1 aliphatic rings. The van der Waals surface area contributed by atoms with Crippen molar-refractivity contribution in [3.8, 4) is 0 Å². The van der Waals surface area contributed by atoms with Gasteiger partial charge in [-0.3, -0.25) is 4.79 Å². The highest BCUT2D eigenvalue weighted by atomic mass is 19.4. The third-order valence-corrected chi connectivity index (χ3v) is 3.55. The van der Waals surface area contributed by atoms with Gasteiger partial charge in [0, 0.05) is 13.1 Å². The summed E-state index contributed by atoms with van der Waals surface area (Å²) < 4.78 is 38.7. The lowest BCUT2D eigenvalue weighted by molar-refractivity contribution is -0.136. The number of para-hydroxylation sites is 1. The first-order valence-electron chi connectivity index (χ1n) is 6.53. The summed E-state index contributed by atoms with van der Waals surface area (Å²) in [6, 6.07) is 3.60. The molecular formula is C14H17F3N2O. The Labute approximate surface area is 115 Å². The quantitative estimate of drug-likeness (QED) is 0.892. The van der Waals surface area contributed by atoms with Crippen LogP contribution in [-0.2, 0) is 6.18 Å². The number of amides is 1. The summed E-state index contributed by atoms with van der Waals surface area (Å²) in [5.74, 6) is -0.0253. The number of hydrogen-bond donors (Lipinski definition) is 2. The number of halogens is 3. The molecule has 1 fully saturated rings. The van der Waals surface area contributed by atoms with E-state index in [0.717, 1.165) is 18.9 Å². The molecule has 0 radical (unpaired) electrons. The molecule has 0 saturated heterocycles. The van der Waals surface area contributed by atoms with Gasteiger partial charge in [-0.25, -0.2) is 0 Å². The number of nitrogens with one attached hydrogen (secondary N) is 2. The number of rotatable bonds is 4. The van der Waals surface area contributed by atoms with Crippen molar-refractivity contribution in [2.45, 2.75) is 32.0 Å². The highest BCUT2D eigenvalue weighted by Crippen LogP contribution is 2.37. The van der Waals surface area contributed by atoms with Gasteiger partial charge >= 0.3 is 6.18 Å². The molecule has 1 saturated carbocycles. The van der Waals surface area contributed by atoms with Crippen LogP contribution in [0.4, 0.5) is 18.9 Å². The zero-order valence-electron chi connectivity index (χ0n) is 11.3. The highest BCUT2D eigenvalue weighted by Gasteiger charge is 2.35. The molecular weight excluding hydrogens is 269 g/mol. The van der Waals surface area contributed by atoms with Crippen LogP contribution >= 0.6 is 0 Å². The topological polar surface area (TPSA) is 41.1 Å². The average molecular weight is 286 g/mol. The second-order valence-corrected chi connectivity index (χ2v) is 5.08. The van der Waals surface area contributed by atoms with Crippen molar-refractivity contribution < 1.29 is 18.0 Å². The van der Waals surface area contributed by atoms with Crippen LogP contribution < -0.4 is 10.6 Å². The molecule has 110 valence electrons. The van der Waals surface area contributed by atoms with Gasteiger partial charge in [0.05, 0.1) is 16.8 Å². The monoisotopic (exact) mass is 286 g/mol. The first-order chi connectivity index (χ1) is 9.34. The van der Waals surface area contributed by atoms with Gasteiger partial charge in [0.1, 0.15) is 0 Å². The lowest BCUT2D eigenvalue weighted by Gasteiger charge is -2.18. The second kappa shape index (κ2) is 5.34. The largest absolute Gasteiger partial charge is 0.418 e. The number of hydrogen-bond acceptors (Lipinski definition) is 2. The number of carbonyl (C=O) groups is 1. The van der Waals surface area contributed by atoms with Crippen LogP contribution in [0.1, 0.15) is 35.7 Å². The summed E-state index contributed by atoms with van der Waals surface area (Å²) in [4.78, 5) is 12.1. The fraction of sp³-hybridized carbons (Fsp3) is 0.500. The van der Waals surface area contributed by atoms with Crippen molar-refractivity contribution >= 4 is 11.6 Å². The molecule has 2 N–H and O–H groups in total. The molecule has 2 rings (SSSR count). The molecule has 1 amide bonds. The first-order valence-corrected chi connectivity index (χ1v) is 6.53. The van der Waals surface area contributed by atoms with E-state index in [1.165, 1.54) is 19.2 Å². The van der Waals surface area contributed by atoms with Crippen molar-refractivity contribution in [3.63, 3.8) is 0 Å². The Balaban J connectivity index is 2.28. The Bertz CT molecular complexity index is 510. The molecule has 0 aromatic heterocycles. The number of anilines is 1. The van der Waals surface area contributed by atoms with Gasteiger partial charge in [-0.05, 0) is 37.8 Å². The first kappa shape index (κ1) is 14.7. The van der Waals surface area contributed by atoms with Crippen molar-refractivity contribution in [1.29, 1.82) is 0 Å². The fourth-order valence-electron chi connectivity index (χ4n) is 2.25. The molecule has 1 unspecified atom stereocenters. The fourth-order valence-corrected chi connectivity index (χ4v) is 2.25.